The third-order valence-corrected chi connectivity index (χ3v) is 3.23. The van der Waals surface area contributed by atoms with Gasteiger partial charge in [0.05, 0.1) is 27.0 Å². The molecule has 0 aliphatic carbocycles. The standard InChI is InChI=1S/C18H20N2O4/c1-4-24-15-8-6-5-7-14(15)12-19-20-18(21)13-9-10-16(22-2)17(11-13)23-3/h5-12H,4H2,1-3H3,(H,20,21). The van der Waals surface area contributed by atoms with Crippen molar-refractivity contribution < 1.29 is 19.0 Å². The first kappa shape index (κ1) is 17.3. The van der Waals surface area contributed by atoms with Crippen LogP contribution in [0.3, 0.4) is 0 Å². The molecule has 0 aliphatic rings. The minimum Gasteiger partial charge on any atom is -0.493 e. The van der Waals surface area contributed by atoms with E-state index in [1.807, 2.05) is 31.2 Å². The number of hydrogen-bond donors (Lipinski definition) is 1. The zero-order valence-electron chi connectivity index (χ0n) is 13.9. The van der Waals surface area contributed by atoms with Gasteiger partial charge in [-0.25, -0.2) is 5.43 Å². The predicted octanol–water partition coefficient (Wildman–Crippen LogP) is 2.87. The summed E-state index contributed by atoms with van der Waals surface area (Å²) in [7, 11) is 3.06. The number of para-hydroxylation sites is 1. The molecule has 1 N–H and O–H groups in total. The SMILES string of the molecule is CCOc1ccccc1C=NNC(=O)c1ccc(OC)c(OC)c1. The molecule has 6 heteroatoms. The molecule has 2 rings (SSSR count). The molecule has 0 aromatic heterocycles. The Hall–Kier alpha value is -3.02. The van der Waals surface area contributed by atoms with Gasteiger partial charge in [0, 0.05) is 11.1 Å². The monoisotopic (exact) mass is 328 g/mol. The van der Waals surface area contributed by atoms with E-state index >= 15 is 0 Å². The number of hydrazone groups is 1. The summed E-state index contributed by atoms with van der Waals surface area (Å²) in [4.78, 5) is 12.2. The first-order valence-electron chi connectivity index (χ1n) is 7.46. The van der Waals surface area contributed by atoms with Crippen LogP contribution in [0.2, 0.25) is 0 Å². The average molecular weight is 328 g/mol. The van der Waals surface area contributed by atoms with Crippen LogP contribution in [-0.2, 0) is 0 Å². The number of benzene rings is 2. The predicted molar refractivity (Wildman–Crippen MR) is 92.2 cm³/mol. The van der Waals surface area contributed by atoms with Crippen molar-refractivity contribution in [2.75, 3.05) is 20.8 Å². The van der Waals surface area contributed by atoms with Crippen molar-refractivity contribution in [1.29, 1.82) is 0 Å². The Morgan fingerprint density at radius 2 is 1.83 bits per heavy atom. The number of ether oxygens (including phenoxy) is 3. The molecular weight excluding hydrogens is 308 g/mol. The second kappa shape index (κ2) is 8.57. The van der Waals surface area contributed by atoms with Gasteiger partial charge < -0.3 is 14.2 Å². The smallest absolute Gasteiger partial charge is 0.271 e. The summed E-state index contributed by atoms with van der Waals surface area (Å²) < 4.78 is 15.8. The first-order valence-corrected chi connectivity index (χ1v) is 7.46. The van der Waals surface area contributed by atoms with Crippen molar-refractivity contribution in [2.45, 2.75) is 6.92 Å². The van der Waals surface area contributed by atoms with Gasteiger partial charge in [0.15, 0.2) is 11.5 Å². The number of nitrogens with one attached hydrogen (secondary N) is 1. The fourth-order valence-corrected chi connectivity index (χ4v) is 2.08. The van der Waals surface area contributed by atoms with Crippen molar-refractivity contribution in [3.63, 3.8) is 0 Å². The van der Waals surface area contributed by atoms with E-state index in [2.05, 4.69) is 10.5 Å². The van der Waals surface area contributed by atoms with Crippen LogP contribution in [0.5, 0.6) is 17.2 Å². The van der Waals surface area contributed by atoms with E-state index in [1.54, 1.807) is 24.4 Å². The highest BCUT2D eigenvalue weighted by atomic mass is 16.5. The summed E-state index contributed by atoms with van der Waals surface area (Å²) in [6, 6.07) is 12.4. The summed E-state index contributed by atoms with van der Waals surface area (Å²) in [5.41, 5.74) is 3.69. The quantitative estimate of drug-likeness (QED) is 0.627. The number of hydrogen-bond acceptors (Lipinski definition) is 5. The maximum Gasteiger partial charge on any atom is 0.271 e. The Bertz CT molecular complexity index is 729. The minimum atomic E-state index is -0.346. The number of carbonyl (C=O) groups is 1. The van der Waals surface area contributed by atoms with Crippen LogP contribution >= 0.6 is 0 Å². The second-order valence-electron chi connectivity index (χ2n) is 4.74. The molecule has 0 fully saturated rings. The van der Waals surface area contributed by atoms with Crippen molar-refractivity contribution >= 4 is 12.1 Å². The van der Waals surface area contributed by atoms with E-state index in [1.165, 1.54) is 14.2 Å². The van der Waals surface area contributed by atoms with Crippen LogP contribution in [0.1, 0.15) is 22.8 Å². The molecule has 0 heterocycles. The summed E-state index contributed by atoms with van der Waals surface area (Å²) in [5.74, 6) is 1.41. The van der Waals surface area contributed by atoms with Crippen molar-refractivity contribution in [2.24, 2.45) is 5.10 Å². The van der Waals surface area contributed by atoms with Gasteiger partial charge in [-0.1, -0.05) is 12.1 Å². The Labute approximate surface area is 141 Å². The number of nitrogens with zero attached hydrogens (tertiary/aromatic N) is 1. The molecule has 0 spiro atoms. The molecule has 0 aliphatic heterocycles. The molecule has 2 aromatic carbocycles. The summed E-state index contributed by atoms with van der Waals surface area (Å²) in [6.07, 6.45) is 1.55. The number of carbonyl (C=O) groups excluding carboxylic acids is 1. The Balaban J connectivity index is 2.08. The van der Waals surface area contributed by atoms with Crippen LogP contribution in [0.4, 0.5) is 0 Å². The molecule has 0 bridgehead atoms. The second-order valence-corrected chi connectivity index (χ2v) is 4.74. The van der Waals surface area contributed by atoms with E-state index in [-0.39, 0.29) is 5.91 Å². The van der Waals surface area contributed by atoms with Gasteiger partial charge in [-0.05, 0) is 37.3 Å². The Morgan fingerprint density at radius 1 is 1.08 bits per heavy atom. The highest BCUT2D eigenvalue weighted by molar-refractivity contribution is 5.95. The van der Waals surface area contributed by atoms with Gasteiger partial charge >= 0.3 is 0 Å². The van der Waals surface area contributed by atoms with Gasteiger partial charge in [-0.2, -0.15) is 5.10 Å². The molecule has 0 unspecified atom stereocenters. The van der Waals surface area contributed by atoms with Gasteiger partial charge in [-0.3, -0.25) is 4.79 Å². The maximum absolute atomic E-state index is 12.2. The fraction of sp³-hybridized carbons (Fsp3) is 0.222. The van der Waals surface area contributed by atoms with Gasteiger partial charge in [0.2, 0.25) is 0 Å². The zero-order valence-corrected chi connectivity index (χ0v) is 13.9. The minimum absolute atomic E-state index is 0.346. The lowest BCUT2D eigenvalue weighted by molar-refractivity contribution is 0.0954. The van der Waals surface area contributed by atoms with Gasteiger partial charge in [0.25, 0.3) is 5.91 Å². The highest BCUT2D eigenvalue weighted by Gasteiger charge is 2.10. The summed E-state index contributed by atoms with van der Waals surface area (Å²) >= 11 is 0. The van der Waals surface area contributed by atoms with Crippen LogP contribution in [-0.4, -0.2) is 32.9 Å². The Kier molecular flexibility index (Phi) is 6.19. The molecule has 0 saturated carbocycles. The Morgan fingerprint density at radius 3 is 2.54 bits per heavy atom. The molecule has 0 atom stereocenters. The van der Waals surface area contributed by atoms with Crippen LogP contribution in [0, 0.1) is 0 Å². The normalized spacial score (nSPS) is 10.5. The number of rotatable bonds is 7. The lowest BCUT2D eigenvalue weighted by atomic mass is 10.2. The number of methoxy groups -OCH3 is 2. The zero-order chi connectivity index (χ0) is 17.4. The van der Waals surface area contributed by atoms with Crippen LogP contribution in [0.15, 0.2) is 47.6 Å². The summed E-state index contributed by atoms with van der Waals surface area (Å²) in [6.45, 7) is 2.47. The van der Waals surface area contributed by atoms with E-state index in [0.29, 0.717) is 29.4 Å². The largest absolute Gasteiger partial charge is 0.493 e. The third kappa shape index (κ3) is 4.25. The van der Waals surface area contributed by atoms with E-state index in [4.69, 9.17) is 14.2 Å². The summed E-state index contributed by atoms with van der Waals surface area (Å²) in [5, 5.41) is 3.98. The van der Waals surface area contributed by atoms with Crippen molar-refractivity contribution in [3.8, 4) is 17.2 Å². The lowest BCUT2D eigenvalue weighted by Crippen LogP contribution is -2.17. The third-order valence-electron chi connectivity index (χ3n) is 3.23. The van der Waals surface area contributed by atoms with E-state index in [9.17, 15) is 4.79 Å². The van der Waals surface area contributed by atoms with Gasteiger partial charge in [-0.15, -0.1) is 0 Å². The van der Waals surface area contributed by atoms with E-state index in [0.717, 1.165) is 5.56 Å². The molecule has 24 heavy (non-hydrogen) atoms. The molecule has 1 amide bonds. The molecule has 0 saturated heterocycles. The lowest BCUT2D eigenvalue weighted by Gasteiger charge is -2.08. The average Bonchev–Trinajstić information content (AvgIpc) is 2.62. The topological polar surface area (TPSA) is 69.2 Å². The van der Waals surface area contributed by atoms with Crippen LogP contribution in [0.25, 0.3) is 0 Å². The first-order chi connectivity index (χ1) is 11.7. The van der Waals surface area contributed by atoms with Gasteiger partial charge in [0.1, 0.15) is 5.75 Å². The highest BCUT2D eigenvalue weighted by Crippen LogP contribution is 2.27. The molecular formula is C18H20N2O4. The molecule has 2 aromatic rings. The molecule has 126 valence electrons. The number of amides is 1. The fourth-order valence-electron chi connectivity index (χ4n) is 2.08. The van der Waals surface area contributed by atoms with Crippen molar-refractivity contribution in [1.82, 2.24) is 5.43 Å². The molecule has 0 radical (unpaired) electrons. The maximum atomic E-state index is 12.2. The molecule has 6 nitrogen and oxygen atoms in total. The van der Waals surface area contributed by atoms with E-state index < -0.39 is 0 Å². The van der Waals surface area contributed by atoms with Crippen molar-refractivity contribution in [3.05, 3.63) is 53.6 Å². The van der Waals surface area contributed by atoms with Crippen LogP contribution < -0.4 is 19.6 Å².